The minimum Gasteiger partial charge on any atom is -0.384 e. The predicted molar refractivity (Wildman–Crippen MR) is 75.4 cm³/mol. The van der Waals surface area contributed by atoms with Crippen LogP contribution in [0.15, 0.2) is 36.8 Å². The van der Waals surface area contributed by atoms with Gasteiger partial charge in [0.25, 0.3) is 0 Å². The molecule has 100 valence electrons. The minimum absolute atomic E-state index is 0.00852. The molecule has 0 radical (unpaired) electrons. The first-order chi connectivity index (χ1) is 9.08. The van der Waals surface area contributed by atoms with Gasteiger partial charge in [-0.1, -0.05) is 19.9 Å². The van der Waals surface area contributed by atoms with Gasteiger partial charge in [-0.15, -0.1) is 0 Å². The summed E-state index contributed by atoms with van der Waals surface area (Å²) < 4.78 is 0. The average Bonchev–Trinajstić information content (AvgIpc) is 2.40. The molecule has 2 aromatic heterocycles. The quantitative estimate of drug-likeness (QED) is 0.849. The Morgan fingerprint density at radius 2 is 2.11 bits per heavy atom. The molecule has 0 aliphatic rings. The third-order valence-corrected chi connectivity index (χ3v) is 3.02. The summed E-state index contributed by atoms with van der Waals surface area (Å²) in [6.45, 7) is 5.78. The van der Waals surface area contributed by atoms with Crippen LogP contribution in [0, 0.1) is 0 Å². The van der Waals surface area contributed by atoms with Crippen LogP contribution in [0.25, 0.3) is 0 Å². The zero-order valence-corrected chi connectivity index (χ0v) is 11.3. The van der Waals surface area contributed by atoms with Crippen LogP contribution < -0.4 is 11.1 Å². The molecule has 3 N–H and O–H groups in total. The van der Waals surface area contributed by atoms with Gasteiger partial charge >= 0.3 is 0 Å². The van der Waals surface area contributed by atoms with Crippen LogP contribution in [-0.4, -0.2) is 21.5 Å². The largest absolute Gasteiger partial charge is 0.384 e. The normalized spacial score (nSPS) is 11.5. The Kier molecular flexibility index (Phi) is 4.06. The lowest BCUT2D eigenvalue weighted by molar-refractivity contribution is 0.463. The van der Waals surface area contributed by atoms with Crippen molar-refractivity contribution in [3.63, 3.8) is 0 Å². The molecule has 5 heteroatoms. The molecular weight excluding hydrogens is 238 g/mol. The molecule has 0 fully saturated rings. The summed E-state index contributed by atoms with van der Waals surface area (Å²) in [4.78, 5) is 12.5. The summed E-state index contributed by atoms with van der Waals surface area (Å²) in [5, 5.41) is 3.36. The van der Waals surface area contributed by atoms with Crippen LogP contribution in [0.1, 0.15) is 25.2 Å². The highest BCUT2D eigenvalue weighted by molar-refractivity contribution is 5.25. The second-order valence-corrected chi connectivity index (χ2v) is 5.13. The summed E-state index contributed by atoms with van der Waals surface area (Å²) in [5.41, 5.74) is 6.83. The van der Waals surface area contributed by atoms with Gasteiger partial charge in [0.1, 0.15) is 11.6 Å². The second kappa shape index (κ2) is 5.75. The Labute approximate surface area is 113 Å². The van der Waals surface area contributed by atoms with Crippen molar-refractivity contribution < 1.29 is 0 Å². The standard InChI is InChI=1S/C14H19N5/c1-14(2,11-4-3-6-16-8-11)10-17-9-13-18-7-5-12(15)19-13/h3-8,17H,9-10H2,1-2H3,(H2,15,18,19). The molecular formula is C14H19N5. The number of nitrogens with two attached hydrogens (primary N) is 1. The van der Waals surface area contributed by atoms with E-state index in [2.05, 4.69) is 40.2 Å². The molecule has 0 atom stereocenters. The number of nitrogen functional groups attached to an aromatic ring is 1. The molecule has 19 heavy (non-hydrogen) atoms. The SMILES string of the molecule is CC(C)(CNCc1nccc(N)n1)c1cccnc1. The van der Waals surface area contributed by atoms with Crippen molar-refractivity contribution in [3.05, 3.63) is 48.2 Å². The minimum atomic E-state index is 0.00852. The highest BCUT2D eigenvalue weighted by atomic mass is 15.0. The number of hydrogen-bond donors (Lipinski definition) is 2. The Hall–Kier alpha value is -2.01. The van der Waals surface area contributed by atoms with Crippen LogP contribution in [0.4, 0.5) is 5.82 Å². The molecule has 0 saturated carbocycles. The number of hydrogen-bond acceptors (Lipinski definition) is 5. The highest BCUT2D eigenvalue weighted by Gasteiger charge is 2.20. The van der Waals surface area contributed by atoms with Crippen LogP contribution in [0.2, 0.25) is 0 Å². The fourth-order valence-corrected chi connectivity index (χ4v) is 1.85. The summed E-state index contributed by atoms with van der Waals surface area (Å²) in [7, 11) is 0. The van der Waals surface area contributed by atoms with Gasteiger partial charge in [-0.05, 0) is 17.7 Å². The number of aromatic nitrogens is 3. The molecule has 2 aromatic rings. The van der Waals surface area contributed by atoms with Crippen molar-refractivity contribution in [2.45, 2.75) is 25.8 Å². The van der Waals surface area contributed by atoms with Gasteiger partial charge in [-0.2, -0.15) is 0 Å². The van der Waals surface area contributed by atoms with E-state index in [0.29, 0.717) is 18.2 Å². The van der Waals surface area contributed by atoms with Crippen molar-refractivity contribution in [3.8, 4) is 0 Å². The van der Waals surface area contributed by atoms with E-state index in [-0.39, 0.29) is 5.41 Å². The maximum absolute atomic E-state index is 5.62. The number of rotatable bonds is 5. The first-order valence-corrected chi connectivity index (χ1v) is 6.26. The van der Waals surface area contributed by atoms with Gasteiger partial charge in [-0.3, -0.25) is 4.98 Å². The number of pyridine rings is 1. The van der Waals surface area contributed by atoms with Gasteiger partial charge in [0.15, 0.2) is 0 Å². The lowest BCUT2D eigenvalue weighted by Crippen LogP contribution is -2.33. The number of nitrogens with zero attached hydrogens (tertiary/aromatic N) is 3. The summed E-state index contributed by atoms with van der Waals surface area (Å²) >= 11 is 0. The maximum Gasteiger partial charge on any atom is 0.144 e. The third-order valence-electron chi connectivity index (χ3n) is 3.02. The Morgan fingerprint density at radius 3 is 2.79 bits per heavy atom. The summed E-state index contributed by atoms with van der Waals surface area (Å²) in [5.74, 6) is 1.21. The van der Waals surface area contributed by atoms with E-state index in [1.165, 1.54) is 5.56 Å². The van der Waals surface area contributed by atoms with Crippen molar-refractivity contribution in [1.29, 1.82) is 0 Å². The zero-order chi connectivity index (χ0) is 13.7. The van der Waals surface area contributed by atoms with Crippen molar-refractivity contribution in [2.75, 3.05) is 12.3 Å². The third kappa shape index (κ3) is 3.72. The van der Waals surface area contributed by atoms with E-state index in [9.17, 15) is 0 Å². The Balaban J connectivity index is 1.92. The van der Waals surface area contributed by atoms with E-state index < -0.39 is 0 Å². The molecule has 2 heterocycles. The highest BCUT2D eigenvalue weighted by Crippen LogP contribution is 2.20. The molecule has 0 aromatic carbocycles. The molecule has 2 rings (SSSR count). The molecule has 0 unspecified atom stereocenters. The second-order valence-electron chi connectivity index (χ2n) is 5.13. The number of nitrogens with one attached hydrogen (secondary N) is 1. The lowest BCUT2D eigenvalue weighted by atomic mass is 9.86. The van der Waals surface area contributed by atoms with Gasteiger partial charge in [0, 0.05) is 30.6 Å². The van der Waals surface area contributed by atoms with Crippen LogP contribution in [0.3, 0.4) is 0 Å². The molecule has 0 aliphatic heterocycles. The molecule has 0 spiro atoms. The van der Waals surface area contributed by atoms with Crippen molar-refractivity contribution in [2.24, 2.45) is 0 Å². The first kappa shape index (κ1) is 13.4. The molecule has 5 nitrogen and oxygen atoms in total. The van der Waals surface area contributed by atoms with E-state index in [1.54, 1.807) is 18.5 Å². The van der Waals surface area contributed by atoms with Gasteiger partial charge in [0.05, 0.1) is 6.54 Å². The summed E-state index contributed by atoms with van der Waals surface area (Å²) in [6.07, 6.45) is 5.36. The summed E-state index contributed by atoms with van der Waals surface area (Å²) in [6, 6.07) is 5.73. The van der Waals surface area contributed by atoms with E-state index in [0.717, 1.165) is 6.54 Å². The average molecular weight is 257 g/mol. The lowest BCUT2D eigenvalue weighted by Gasteiger charge is -2.25. The van der Waals surface area contributed by atoms with Crippen molar-refractivity contribution in [1.82, 2.24) is 20.3 Å². The molecule has 0 aliphatic carbocycles. The molecule has 0 saturated heterocycles. The van der Waals surface area contributed by atoms with Gasteiger partial charge in [0.2, 0.25) is 0 Å². The topological polar surface area (TPSA) is 76.7 Å². The Morgan fingerprint density at radius 1 is 1.26 bits per heavy atom. The van der Waals surface area contributed by atoms with Crippen LogP contribution in [0.5, 0.6) is 0 Å². The smallest absolute Gasteiger partial charge is 0.144 e. The Bertz CT molecular complexity index is 524. The first-order valence-electron chi connectivity index (χ1n) is 6.26. The monoisotopic (exact) mass is 257 g/mol. The molecule has 0 bridgehead atoms. The van der Waals surface area contributed by atoms with Gasteiger partial charge in [-0.25, -0.2) is 9.97 Å². The van der Waals surface area contributed by atoms with E-state index >= 15 is 0 Å². The zero-order valence-electron chi connectivity index (χ0n) is 11.3. The maximum atomic E-state index is 5.62. The van der Waals surface area contributed by atoms with Crippen LogP contribution >= 0.6 is 0 Å². The molecule has 0 amide bonds. The van der Waals surface area contributed by atoms with Crippen LogP contribution in [-0.2, 0) is 12.0 Å². The van der Waals surface area contributed by atoms with E-state index in [1.807, 2.05) is 12.3 Å². The fraction of sp³-hybridized carbons (Fsp3) is 0.357. The predicted octanol–water partition coefficient (Wildman–Crippen LogP) is 1.52. The number of anilines is 1. The fourth-order valence-electron chi connectivity index (χ4n) is 1.85. The van der Waals surface area contributed by atoms with Crippen molar-refractivity contribution >= 4 is 5.82 Å². The van der Waals surface area contributed by atoms with Gasteiger partial charge < -0.3 is 11.1 Å². The van der Waals surface area contributed by atoms with E-state index in [4.69, 9.17) is 5.73 Å².